The molecule has 3 heteroatoms. The number of hydrogen-bond acceptors (Lipinski definition) is 2. The zero-order chi connectivity index (χ0) is 15.4. The molecule has 0 amide bonds. The smallest absolute Gasteiger partial charge is 0.133 e. The van der Waals surface area contributed by atoms with Crippen LogP contribution in [0, 0.1) is 17.8 Å². The quantitative estimate of drug-likeness (QED) is 0.803. The van der Waals surface area contributed by atoms with Crippen LogP contribution in [0.3, 0.4) is 0 Å². The summed E-state index contributed by atoms with van der Waals surface area (Å²) >= 11 is 3.57. The third-order valence-electron chi connectivity index (χ3n) is 4.81. The molecule has 1 aromatic carbocycles. The van der Waals surface area contributed by atoms with Gasteiger partial charge in [-0.3, -0.25) is 0 Å². The molecule has 1 N–H and O–H groups in total. The normalized spacial score (nSPS) is 26.1. The lowest BCUT2D eigenvalue weighted by Gasteiger charge is -2.38. The average Bonchev–Trinajstić information content (AvgIpc) is 2.45. The molecule has 0 saturated heterocycles. The molecule has 0 aliphatic heterocycles. The van der Waals surface area contributed by atoms with Crippen molar-refractivity contribution in [1.82, 2.24) is 5.32 Å². The maximum Gasteiger partial charge on any atom is 0.133 e. The van der Waals surface area contributed by atoms with E-state index in [1.807, 2.05) is 6.07 Å². The molecule has 1 aromatic rings. The summed E-state index contributed by atoms with van der Waals surface area (Å²) in [7, 11) is 1.70. The summed E-state index contributed by atoms with van der Waals surface area (Å²) < 4.78 is 6.32. The van der Waals surface area contributed by atoms with E-state index in [-0.39, 0.29) is 0 Å². The molecule has 1 aliphatic carbocycles. The molecule has 0 spiro atoms. The van der Waals surface area contributed by atoms with Gasteiger partial charge in [-0.05, 0) is 64.2 Å². The Balaban J connectivity index is 1.98. The van der Waals surface area contributed by atoms with Gasteiger partial charge in [-0.2, -0.15) is 0 Å². The summed E-state index contributed by atoms with van der Waals surface area (Å²) in [4.78, 5) is 0. The lowest BCUT2D eigenvalue weighted by molar-refractivity contribution is 0.169. The van der Waals surface area contributed by atoms with Crippen LogP contribution in [0.2, 0.25) is 0 Å². The minimum absolute atomic E-state index is 0.648. The second-order valence-corrected chi connectivity index (χ2v) is 7.64. The van der Waals surface area contributed by atoms with E-state index < -0.39 is 0 Å². The standard InChI is InChI=1S/C18H28BrNO/c1-12(2)15-7-5-13(3)9-17(15)20-11-14-6-8-18(21-4)16(19)10-14/h6,8,10,12-13,15,17,20H,5,7,9,11H2,1-4H3. The van der Waals surface area contributed by atoms with Gasteiger partial charge in [0.25, 0.3) is 0 Å². The lowest BCUT2D eigenvalue weighted by Crippen LogP contribution is -2.42. The number of methoxy groups -OCH3 is 1. The van der Waals surface area contributed by atoms with Crippen LogP contribution in [0.15, 0.2) is 22.7 Å². The summed E-state index contributed by atoms with van der Waals surface area (Å²) in [5.41, 5.74) is 1.31. The fraction of sp³-hybridized carbons (Fsp3) is 0.667. The maximum absolute atomic E-state index is 5.29. The monoisotopic (exact) mass is 353 g/mol. The lowest BCUT2D eigenvalue weighted by atomic mass is 9.74. The molecule has 0 radical (unpaired) electrons. The predicted octanol–water partition coefficient (Wildman–Crippen LogP) is 5.01. The van der Waals surface area contributed by atoms with Crippen LogP contribution < -0.4 is 10.1 Å². The first-order chi connectivity index (χ1) is 10.0. The summed E-state index contributed by atoms with van der Waals surface area (Å²) in [6, 6.07) is 6.98. The SMILES string of the molecule is COc1ccc(CNC2CC(C)CCC2C(C)C)cc1Br. The predicted molar refractivity (Wildman–Crippen MR) is 92.7 cm³/mol. The van der Waals surface area contributed by atoms with Crippen molar-refractivity contribution < 1.29 is 4.74 Å². The minimum Gasteiger partial charge on any atom is -0.496 e. The molecular weight excluding hydrogens is 326 g/mol. The number of halogens is 1. The summed E-state index contributed by atoms with van der Waals surface area (Å²) in [5, 5.41) is 3.80. The van der Waals surface area contributed by atoms with Crippen LogP contribution >= 0.6 is 15.9 Å². The van der Waals surface area contributed by atoms with Crippen LogP contribution in [0.4, 0.5) is 0 Å². The highest BCUT2D eigenvalue weighted by atomic mass is 79.9. The van der Waals surface area contributed by atoms with Crippen LogP contribution in [0.1, 0.15) is 45.6 Å². The number of benzene rings is 1. The maximum atomic E-state index is 5.29. The molecule has 3 unspecified atom stereocenters. The number of ether oxygens (including phenoxy) is 1. The average molecular weight is 354 g/mol. The number of hydrogen-bond donors (Lipinski definition) is 1. The Morgan fingerprint density at radius 2 is 2.10 bits per heavy atom. The second kappa shape index (κ2) is 7.64. The van der Waals surface area contributed by atoms with Gasteiger partial charge >= 0.3 is 0 Å². The highest BCUT2D eigenvalue weighted by molar-refractivity contribution is 9.10. The summed E-state index contributed by atoms with van der Waals surface area (Å²) in [6.45, 7) is 8.04. The molecular formula is C18H28BrNO. The van der Waals surface area contributed by atoms with Gasteiger partial charge in [-0.15, -0.1) is 0 Å². The van der Waals surface area contributed by atoms with E-state index in [0.717, 1.165) is 34.5 Å². The topological polar surface area (TPSA) is 21.3 Å². The first-order valence-corrected chi connectivity index (χ1v) is 8.86. The van der Waals surface area contributed by atoms with Crippen molar-refractivity contribution in [2.45, 2.75) is 52.6 Å². The van der Waals surface area contributed by atoms with Crippen molar-refractivity contribution >= 4 is 15.9 Å². The Labute approximate surface area is 137 Å². The largest absolute Gasteiger partial charge is 0.496 e. The molecule has 21 heavy (non-hydrogen) atoms. The Hall–Kier alpha value is -0.540. The Morgan fingerprint density at radius 3 is 2.71 bits per heavy atom. The van der Waals surface area contributed by atoms with E-state index in [4.69, 9.17) is 4.74 Å². The third-order valence-corrected chi connectivity index (χ3v) is 5.43. The minimum atomic E-state index is 0.648. The van der Waals surface area contributed by atoms with Gasteiger partial charge in [0, 0.05) is 12.6 Å². The van der Waals surface area contributed by atoms with Gasteiger partial charge in [0.05, 0.1) is 11.6 Å². The van der Waals surface area contributed by atoms with Gasteiger partial charge in [0.15, 0.2) is 0 Å². The molecule has 0 aromatic heterocycles. The summed E-state index contributed by atoms with van der Waals surface area (Å²) in [6.07, 6.45) is 4.05. The molecule has 1 fully saturated rings. The van der Waals surface area contributed by atoms with Crippen LogP contribution in [-0.4, -0.2) is 13.2 Å². The Morgan fingerprint density at radius 1 is 1.33 bits per heavy atom. The van der Waals surface area contributed by atoms with Gasteiger partial charge < -0.3 is 10.1 Å². The molecule has 2 rings (SSSR count). The van der Waals surface area contributed by atoms with E-state index in [1.54, 1.807) is 7.11 Å². The van der Waals surface area contributed by atoms with Crippen LogP contribution in [-0.2, 0) is 6.54 Å². The first-order valence-electron chi connectivity index (χ1n) is 8.07. The van der Waals surface area contributed by atoms with Gasteiger partial charge in [-0.1, -0.05) is 33.3 Å². The molecule has 2 nitrogen and oxygen atoms in total. The third kappa shape index (κ3) is 4.46. The van der Waals surface area contributed by atoms with Crippen molar-refractivity contribution in [3.63, 3.8) is 0 Å². The van der Waals surface area contributed by atoms with Crippen LogP contribution in [0.5, 0.6) is 5.75 Å². The molecule has 3 atom stereocenters. The van der Waals surface area contributed by atoms with E-state index in [2.05, 4.69) is 54.2 Å². The van der Waals surface area contributed by atoms with Crippen molar-refractivity contribution in [1.29, 1.82) is 0 Å². The molecule has 118 valence electrons. The van der Waals surface area contributed by atoms with Crippen molar-refractivity contribution in [2.75, 3.05) is 7.11 Å². The van der Waals surface area contributed by atoms with Crippen molar-refractivity contribution in [2.24, 2.45) is 17.8 Å². The highest BCUT2D eigenvalue weighted by Crippen LogP contribution is 2.33. The second-order valence-electron chi connectivity index (χ2n) is 6.78. The zero-order valence-electron chi connectivity index (χ0n) is 13.7. The highest BCUT2D eigenvalue weighted by Gasteiger charge is 2.30. The molecule has 1 saturated carbocycles. The van der Waals surface area contributed by atoms with Gasteiger partial charge in [0.1, 0.15) is 5.75 Å². The molecule has 0 heterocycles. The van der Waals surface area contributed by atoms with E-state index in [0.29, 0.717) is 6.04 Å². The van der Waals surface area contributed by atoms with Gasteiger partial charge in [0.2, 0.25) is 0 Å². The number of rotatable bonds is 5. The van der Waals surface area contributed by atoms with E-state index >= 15 is 0 Å². The summed E-state index contributed by atoms with van der Waals surface area (Å²) in [5.74, 6) is 3.31. The Bertz CT molecular complexity index is 461. The molecule has 1 aliphatic rings. The van der Waals surface area contributed by atoms with Gasteiger partial charge in [-0.25, -0.2) is 0 Å². The number of nitrogens with one attached hydrogen (secondary N) is 1. The van der Waals surface area contributed by atoms with E-state index in [1.165, 1.54) is 24.8 Å². The fourth-order valence-corrected chi connectivity index (χ4v) is 4.09. The van der Waals surface area contributed by atoms with Crippen molar-refractivity contribution in [3.8, 4) is 5.75 Å². The van der Waals surface area contributed by atoms with E-state index in [9.17, 15) is 0 Å². The zero-order valence-corrected chi connectivity index (χ0v) is 15.2. The first kappa shape index (κ1) is 16.8. The molecule has 0 bridgehead atoms. The fourth-order valence-electron chi connectivity index (χ4n) is 3.51. The Kier molecular flexibility index (Phi) is 6.12. The van der Waals surface area contributed by atoms with Crippen molar-refractivity contribution in [3.05, 3.63) is 28.2 Å². The van der Waals surface area contributed by atoms with Crippen LogP contribution in [0.25, 0.3) is 0 Å².